The number of aromatic carboxylic acids is 1. The molecule has 0 aromatic heterocycles. The van der Waals surface area contributed by atoms with Gasteiger partial charge in [-0.1, -0.05) is 12.1 Å². The van der Waals surface area contributed by atoms with Crippen LogP contribution in [0.1, 0.15) is 35.9 Å². The molecule has 0 aliphatic rings. The molecule has 0 aliphatic heterocycles. The molecule has 4 heteroatoms. The van der Waals surface area contributed by atoms with Crippen molar-refractivity contribution in [3.63, 3.8) is 0 Å². The van der Waals surface area contributed by atoms with Crippen molar-refractivity contribution in [2.24, 2.45) is 0 Å². The second-order valence-electron chi connectivity index (χ2n) is 3.83. The molecule has 0 aliphatic carbocycles. The first kappa shape index (κ1) is 12.7. The first-order valence-electron chi connectivity index (χ1n) is 5.13. The smallest absolute Gasteiger partial charge is 0.335 e. The van der Waals surface area contributed by atoms with Gasteiger partial charge in [-0.15, -0.1) is 0 Å². The maximum atomic E-state index is 10.7. The van der Waals surface area contributed by atoms with Crippen LogP contribution >= 0.6 is 0 Å². The Bertz CT molecular complexity index is 360. The second-order valence-corrected chi connectivity index (χ2v) is 3.83. The number of hydrogen-bond donors (Lipinski definition) is 2. The van der Waals surface area contributed by atoms with E-state index in [4.69, 9.17) is 9.84 Å². The van der Waals surface area contributed by atoms with Gasteiger partial charge in [-0.25, -0.2) is 4.79 Å². The van der Waals surface area contributed by atoms with E-state index in [0.29, 0.717) is 5.56 Å². The second kappa shape index (κ2) is 5.63. The van der Waals surface area contributed by atoms with Crippen molar-refractivity contribution in [2.75, 3.05) is 6.61 Å². The molecule has 0 spiro atoms. The molecular formula is C12H16O4. The zero-order valence-electron chi connectivity index (χ0n) is 9.38. The fraction of sp³-hybridized carbons (Fsp3) is 0.417. The topological polar surface area (TPSA) is 66.8 Å². The summed E-state index contributed by atoms with van der Waals surface area (Å²) in [6, 6.07) is 6.23. The van der Waals surface area contributed by atoms with Gasteiger partial charge < -0.3 is 14.9 Å². The van der Waals surface area contributed by atoms with Crippen LogP contribution < -0.4 is 0 Å². The quantitative estimate of drug-likeness (QED) is 0.800. The molecule has 0 saturated carbocycles. The molecule has 2 N–H and O–H groups in total. The average molecular weight is 224 g/mol. The maximum Gasteiger partial charge on any atom is 0.335 e. The predicted octanol–water partition coefficient (Wildman–Crippen LogP) is 1.84. The van der Waals surface area contributed by atoms with Gasteiger partial charge in [-0.2, -0.15) is 0 Å². The number of hydrogen-bond acceptors (Lipinski definition) is 3. The van der Waals surface area contributed by atoms with E-state index < -0.39 is 12.1 Å². The maximum absolute atomic E-state index is 10.7. The summed E-state index contributed by atoms with van der Waals surface area (Å²) in [4.78, 5) is 10.7. The van der Waals surface area contributed by atoms with E-state index in [1.807, 2.05) is 13.8 Å². The molecule has 1 aromatic rings. The van der Waals surface area contributed by atoms with Crippen molar-refractivity contribution >= 4 is 5.97 Å². The van der Waals surface area contributed by atoms with E-state index >= 15 is 0 Å². The lowest BCUT2D eigenvalue weighted by Crippen LogP contribution is -2.12. The molecule has 1 unspecified atom stereocenters. The predicted molar refractivity (Wildman–Crippen MR) is 59.4 cm³/mol. The van der Waals surface area contributed by atoms with Crippen LogP contribution in [0.5, 0.6) is 0 Å². The third kappa shape index (κ3) is 3.64. The minimum Gasteiger partial charge on any atom is -0.478 e. The number of carboxylic acid groups (broad SMARTS) is 1. The number of benzene rings is 1. The SMILES string of the molecule is CC(C)OCC(O)c1cccc(C(=O)O)c1. The van der Waals surface area contributed by atoms with Gasteiger partial charge in [0.25, 0.3) is 0 Å². The third-order valence-corrected chi connectivity index (χ3v) is 2.11. The molecule has 0 fully saturated rings. The molecule has 0 saturated heterocycles. The van der Waals surface area contributed by atoms with Crippen molar-refractivity contribution < 1.29 is 19.7 Å². The Morgan fingerprint density at radius 3 is 2.69 bits per heavy atom. The molecular weight excluding hydrogens is 208 g/mol. The van der Waals surface area contributed by atoms with Crippen molar-refractivity contribution in [3.05, 3.63) is 35.4 Å². The molecule has 88 valence electrons. The van der Waals surface area contributed by atoms with Gasteiger partial charge in [0.1, 0.15) is 6.10 Å². The van der Waals surface area contributed by atoms with Crippen molar-refractivity contribution in [1.82, 2.24) is 0 Å². The third-order valence-electron chi connectivity index (χ3n) is 2.11. The summed E-state index contributed by atoms with van der Waals surface area (Å²) in [5.41, 5.74) is 0.724. The number of carboxylic acids is 1. The summed E-state index contributed by atoms with van der Waals surface area (Å²) in [6.07, 6.45) is -0.751. The van der Waals surface area contributed by atoms with Crippen molar-refractivity contribution in [1.29, 1.82) is 0 Å². The summed E-state index contributed by atoms with van der Waals surface area (Å²) in [5, 5.41) is 18.6. The molecule has 0 amide bonds. The van der Waals surface area contributed by atoms with Crippen LogP contribution in [0.4, 0.5) is 0 Å². The summed E-state index contributed by atoms with van der Waals surface area (Å²) in [7, 11) is 0. The standard InChI is InChI=1S/C12H16O4/c1-8(2)16-7-11(13)9-4-3-5-10(6-9)12(14)15/h3-6,8,11,13H,7H2,1-2H3,(H,14,15). The van der Waals surface area contributed by atoms with Gasteiger partial charge in [0.15, 0.2) is 0 Å². The first-order valence-corrected chi connectivity index (χ1v) is 5.13. The van der Waals surface area contributed by atoms with E-state index in [1.165, 1.54) is 12.1 Å². The highest BCUT2D eigenvalue weighted by molar-refractivity contribution is 5.87. The zero-order valence-corrected chi connectivity index (χ0v) is 9.38. The Labute approximate surface area is 94.5 Å². The van der Waals surface area contributed by atoms with Gasteiger partial charge in [-0.05, 0) is 31.5 Å². The lowest BCUT2D eigenvalue weighted by molar-refractivity contribution is 0.00488. The summed E-state index contributed by atoms with van der Waals surface area (Å²) < 4.78 is 5.26. The van der Waals surface area contributed by atoms with Crippen molar-refractivity contribution in [3.8, 4) is 0 Å². The Kier molecular flexibility index (Phi) is 4.46. The molecule has 16 heavy (non-hydrogen) atoms. The number of aliphatic hydroxyl groups is 1. The molecule has 1 aromatic carbocycles. The first-order chi connectivity index (χ1) is 7.50. The summed E-state index contributed by atoms with van der Waals surface area (Å²) in [5.74, 6) is -1.00. The van der Waals surface area contributed by atoms with E-state index in [1.54, 1.807) is 12.1 Å². The van der Waals surface area contributed by atoms with Crippen molar-refractivity contribution in [2.45, 2.75) is 26.1 Å². The van der Waals surface area contributed by atoms with Gasteiger partial charge in [-0.3, -0.25) is 0 Å². The summed E-state index contributed by atoms with van der Waals surface area (Å²) in [6.45, 7) is 3.92. The van der Waals surface area contributed by atoms with E-state index in [0.717, 1.165) is 0 Å². The monoisotopic (exact) mass is 224 g/mol. The van der Waals surface area contributed by atoms with Crippen LogP contribution in [-0.2, 0) is 4.74 Å². The van der Waals surface area contributed by atoms with Crippen LogP contribution in [0.15, 0.2) is 24.3 Å². The van der Waals surface area contributed by atoms with Gasteiger partial charge in [0, 0.05) is 0 Å². The fourth-order valence-corrected chi connectivity index (χ4v) is 1.26. The molecule has 0 heterocycles. The largest absolute Gasteiger partial charge is 0.478 e. The highest BCUT2D eigenvalue weighted by Gasteiger charge is 2.11. The lowest BCUT2D eigenvalue weighted by atomic mass is 10.1. The Hall–Kier alpha value is -1.39. The minimum atomic E-state index is -1.00. The van der Waals surface area contributed by atoms with Gasteiger partial charge in [0.05, 0.1) is 18.3 Å². The zero-order chi connectivity index (χ0) is 12.1. The average Bonchev–Trinajstić information content (AvgIpc) is 2.26. The Morgan fingerprint density at radius 2 is 2.12 bits per heavy atom. The van der Waals surface area contributed by atoms with Gasteiger partial charge in [0.2, 0.25) is 0 Å². The minimum absolute atomic E-state index is 0.0392. The Balaban J connectivity index is 2.71. The normalized spacial score (nSPS) is 12.8. The van der Waals surface area contributed by atoms with Crippen LogP contribution in [0, 0.1) is 0 Å². The summed E-state index contributed by atoms with van der Waals surface area (Å²) >= 11 is 0. The fourth-order valence-electron chi connectivity index (χ4n) is 1.26. The van der Waals surface area contributed by atoms with Gasteiger partial charge >= 0.3 is 5.97 Å². The van der Waals surface area contributed by atoms with Crippen LogP contribution in [0.25, 0.3) is 0 Å². The Morgan fingerprint density at radius 1 is 1.44 bits per heavy atom. The lowest BCUT2D eigenvalue weighted by Gasteiger charge is -2.14. The van der Waals surface area contributed by atoms with E-state index in [2.05, 4.69) is 0 Å². The van der Waals surface area contributed by atoms with E-state index in [-0.39, 0.29) is 18.3 Å². The molecule has 0 bridgehead atoms. The molecule has 4 nitrogen and oxygen atoms in total. The molecule has 1 rings (SSSR count). The number of rotatable bonds is 5. The number of aliphatic hydroxyl groups excluding tert-OH is 1. The number of carbonyl (C=O) groups is 1. The molecule has 1 atom stereocenters. The highest BCUT2D eigenvalue weighted by Crippen LogP contribution is 2.15. The number of ether oxygens (including phenoxy) is 1. The van der Waals surface area contributed by atoms with Crippen LogP contribution in [-0.4, -0.2) is 28.9 Å². The van der Waals surface area contributed by atoms with Crippen LogP contribution in [0.3, 0.4) is 0 Å². The highest BCUT2D eigenvalue weighted by atomic mass is 16.5. The van der Waals surface area contributed by atoms with E-state index in [9.17, 15) is 9.90 Å². The van der Waals surface area contributed by atoms with Crippen LogP contribution in [0.2, 0.25) is 0 Å². The molecule has 0 radical (unpaired) electrons.